The van der Waals surface area contributed by atoms with E-state index in [9.17, 15) is 20.2 Å². The van der Waals surface area contributed by atoms with Crippen molar-refractivity contribution in [2.75, 3.05) is 0 Å². The topological polar surface area (TPSA) is 117 Å². The van der Waals surface area contributed by atoms with Gasteiger partial charge in [0, 0.05) is 33.5 Å². The molecule has 0 unspecified atom stereocenters. The highest BCUT2D eigenvalue weighted by Crippen LogP contribution is 2.31. The Morgan fingerprint density at radius 3 is 2.18 bits per heavy atom. The fourth-order valence-electron chi connectivity index (χ4n) is 3.26. The normalized spacial score (nSPS) is 10.9. The smallest absolute Gasteiger partial charge is 0.276 e. The van der Waals surface area contributed by atoms with Gasteiger partial charge in [-0.3, -0.25) is 24.8 Å². The predicted octanol–water partition coefficient (Wildman–Crippen LogP) is 6.41. The second kappa shape index (κ2) is 10.2. The van der Waals surface area contributed by atoms with E-state index in [2.05, 4.69) is 10.2 Å². The fraction of sp³-hybridized carbons (Fsp3) is 0.0909. The predicted molar refractivity (Wildman–Crippen MR) is 130 cm³/mol. The van der Waals surface area contributed by atoms with Gasteiger partial charge in [0.25, 0.3) is 11.4 Å². The van der Waals surface area contributed by atoms with Gasteiger partial charge >= 0.3 is 0 Å². The van der Waals surface area contributed by atoms with Gasteiger partial charge in [-0.25, -0.2) is 0 Å². The Bertz CT molecular complexity index is 1350. The Kier molecular flexibility index (Phi) is 7.11. The molecule has 4 aromatic rings. The number of aromatic nitrogens is 3. The SMILES string of the molecule is O=[N+]([O-])c1cc(CSc2nnc(-c3ccccc3)n2Cc2ccc(Cl)cc2Cl)cc([N+](=O)[O-])c1. The molecule has 0 saturated carbocycles. The third-order valence-electron chi connectivity index (χ3n) is 4.84. The van der Waals surface area contributed by atoms with E-state index in [1.165, 1.54) is 23.9 Å². The number of non-ortho nitro benzene ring substituents is 2. The van der Waals surface area contributed by atoms with E-state index < -0.39 is 9.85 Å². The van der Waals surface area contributed by atoms with Gasteiger partial charge in [0.15, 0.2) is 11.0 Å². The highest BCUT2D eigenvalue weighted by Gasteiger charge is 2.19. The third kappa shape index (κ3) is 5.36. The highest BCUT2D eigenvalue weighted by molar-refractivity contribution is 7.98. The molecule has 0 aliphatic carbocycles. The lowest BCUT2D eigenvalue weighted by Crippen LogP contribution is -2.05. The maximum Gasteiger partial charge on any atom is 0.276 e. The van der Waals surface area contributed by atoms with Crippen LogP contribution in [0.4, 0.5) is 11.4 Å². The molecule has 12 heteroatoms. The molecule has 34 heavy (non-hydrogen) atoms. The number of halogens is 2. The zero-order valence-electron chi connectivity index (χ0n) is 17.3. The quantitative estimate of drug-likeness (QED) is 0.151. The minimum Gasteiger partial charge on any atom is -0.297 e. The van der Waals surface area contributed by atoms with Crippen molar-refractivity contribution in [3.8, 4) is 11.4 Å². The van der Waals surface area contributed by atoms with E-state index in [4.69, 9.17) is 23.2 Å². The van der Waals surface area contributed by atoms with Crippen molar-refractivity contribution in [1.82, 2.24) is 14.8 Å². The first-order chi connectivity index (χ1) is 16.3. The monoisotopic (exact) mass is 515 g/mol. The van der Waals surface area contributed by atoms with Crippen LogP contribution in [0, 0.1) is 20.2 Å². The van der Waals surface area contributed by atoms with Gasteiger partial charge in [0.1, 0.15) is 0 Å². The average Bonchev–Trinajstić information content (AvgIpc) is 3.22. The van der Waals surface area contributed by atoms with Crippen LogP contribution in [0.15, 0.2) is 71.9 Å². The number of rotatable bonds is 8. The van der Waals surface area contributed by atoms with Crippen LogP contribution in [0.25, 0.3) is 11.4 Å². The Hall–Kier alpha value is -3.47. The molecular formula is C22H15Cl2N5O4S. The molecule has 0 radical (unpaired) electrons. The molecule has 0 bridgehead atoms. The minimum absolute atomic E-state index is 0.212. The van der Waals surface area contributed by atoms with Gasteiger partial charge < -0.3 is 0 Å². The van der Waals surface area contributed by atoms with Gasteiger partial charge in [0.05, 0.1) is 22.5 Å². The van der Waals surface area contributed by atoms with E-state index >= 15 is 0 Å². The molecule has 0 N–H and O–H groups in total. The number of nitro groups is 2. The van der Waals surface area contributed by atoms with Gasteiger partial charge in [-0.15, -0.1) is 10.2 Å². The van der Waals surface area contributed by atoms with Crippen LogP contribution in [0.5, 0.6) is 0 Å². The maximum absolute atomic E-state index is 11.2. The van der Waals surface area contributed by atoms with E-state index in [0.717, 1.165) is 17.2 Å². The summed E-state index contributed by atoms with van der Waals surface area (Å²) in [5, 5.41) is 32.6. The second-order valence-electron chi connectivity index (χ2n) is 7.15. The Labute approximate surface area is 207 Å². The number of benzene rings is 3. The molecular weight excluding hydrogens is 501 g/mol. The molecule has 9 nitrogen and oxygen atoms in total. The van der Waals surface area contributed by atoms with E-state index in [1.807, 2.05) is 41.0 Å². The molecule has 172 valence electrons. The van der Waals surface area contributed by atoms with E-state index in [-0.39, 0.29) is 17.1 Å². The van der Waals surface area contributed by atoms with Gasteiger partial charge in [-0.05, 0) is 23.3 Å². The summed E-state index contributed by atoms with van der Waals surface area (Å²) < 4.78 is 1.88. The van der Waals surface area contributed by atoms with Crippen LogP contribution in [0.3, 0.4) is 0 Å². The van der Waals surface area contributed by atoms with Crippen LogP contribution in [-0.4, -0.2) is 24.6 Å². The average molecular weight is 516 g/mol. The van der Waals surface area contributed by atoms with Crippen LogP contribution >= 0.6 is 35.0 Å². The summed E-state index contributed by atoms with van der Waals surface area (Å²) in [5.41, 5.74) is 1.38. The lowest BCUT2D eigenvalue weighted by molar-refractivity contribution is -0.394. The number of hydrogen-bond acceptors (Lipinski definition) is 7. The Balaban J connectivity index is 1.69. The Morgan fingerprint density at radius 2 is 1.56 bits per heavy atom. The van der Waals surface area contributed by atoms with E-state index in [1.54, 1.807) is 12.1 Å². The summed E-state index contributed by atoms with van der Waals surface area (Å²) in [6, 6.07) is 18.3. The third-order valence-corrected chi connectivity index (χ3v) is 6.47. The van der Waals surface area contributed by atoms with Gasteiger partial charge in [-0.2, -0.15) is 0 Å². The summed E-state index contributed by atoms with van der Waals surface area (Å²) in [5.74, 6) is 0.822. The first kappa shape index (κ1) is 23.7. The molecule has 1 aromatic heterocycles. The summed E-state index contributed by atoms with van der Waals surface area (Å²) >= 11 is 13.7. The molecule has 3 aromatic carbocycles. The van der Waals surface area contributed by atoms with Gasteiger partial charge in [-0.1, -0.05) is 71.4 Å². The Morgan fingerprint density at radius 1 is 0.882 bits per heavy atom. The fourth-order valence-corrected chi connectivity index (χ4v) is 4.59. The highest BCUT2D eigenvalue weighted by atomic mass is 35.5. The molecule has 0 amide bonds. The molecule has 0 aliphatic rings. The largest absolute Gasteiger partial charge is 0.297 e. The number of thioether (sulfide) groups is 1. The summed E-state index contributed by atoms with van der Waals surface area (Å²) in [6.07, 6.45) is 0. The van der Waals surface area contributed by atoms with Crippen molar-refractivity contribution >= 4 is 46.3 Å². The van der Waals surface area contributed by atoms with Crippen molar-refractivity contribution in [3.05, 3.63) is 108 Å². The maximum atomic E-state index is 11.2. The summed E-state index contributed by atoms with van der Waals surface area (Å²) in [7, 11) is 0. The zero-order valence-corrected chi connectivity index (χ0v) is 19.6. The number of hydrogen-bond donors (Lipinski definition) is 0. The lowest BCUT2D eigenvalue weighted by Gasteiger charge is -2.12. The number of nitro benzene ring substituents is 2. The minimum atomic E-state index is -0.653. The number of nitrogens with zero attached hydrogens (tertiary/aromatic N) is 5. The van der Waals surface area contributed by atoms with Crippen LogP contribution < -0.4 is 0 Å². The van der Waals surface area contributed by atoms with Crippen molar-refractivity contribution in [1.29, 1.82) is 0 Å². The molecule has 0 aliphatic heterocycles. The first-order valence-corrected chi connectivity index (χ1v) is 11.5. The lowest BCUT2D eigenvalue weighted by atomic mass is 10.2. The summed E-state index contributed by atoms with van der Waals surface area (Å²) in [6.45, 7) is 0.352. The zero-order chi connectivity index (χ0) is 24.2. The van der Waals surface area contributed by atoms with Crippen LogP contribution in [0.2, 0.25) is 10.0 Å². The standard InChI is InChI=1S/C22H15Cl2N5O4S/c23-17-7-6-16(20(24)10-17)12-27-21(15-4-2-1-3-5-15)25-26-22(27)34-13-14-8-18(28(30)31)11-19(9-14)29(32)33/h1-11H,12-13H2. The molecule has 0 atom stereocenters. The molecule has 0 fully saturated rings. The summed E-state index contributed by atoms with van der Waals surface area (Å²) in [4.78, 5) is 21.1. The van der Waals surface area contributed by atoms with E-state index in [0.29, 0.717) is 33.1 Å². The van der Waals surface area contributed by atoms with Crippen molar-refractivity contribution < 1.29 is 9.85 Å². The van der Waals surface area contributed by atoms with Crippen LogP contribution in [-0.2, 0) is 12.3 Å². The molecule has 0 saturated heterocycles. The van der Waals surface area contributed by atoms with Crippen molar-refractivity contribution in [2.45, 2.75) is 17.5 Å². The first-order valence-electron chi connectivity index (χ1n) is 9.80. The van der Waals surface area contributed by atoms with Crippen molar-refractivity contribution in [3.63, 3.8) is 0 Å². The van der Waals surface area contributed by atoms with Crippen LogP contribution in [0.1, 0.15) is 11.1 Å². The van der Waals surface area contributed by atoms with Gasteiger partial charge in [0.2, 0.25) is 0 Å². The molecule has 0 spiro atoms. The second-order valence-corrected chi connectivity index (χ2v) is 8.94. The molecule has 4 rings (SSSR count). The molecule has 1 heterocycles. The van der Waals surface area contributed by atoms with Crippen molar-refractivity contribution in [2.24, 2.45) is 0 Å².